The molecule has 0 aliphatic carbocycles. The monoisotopic (exact) mass is 432 g/mol. The van der Waals surface area contributed by atoms with Gasteiger partial charge in [0.1, 0.15) is 0 Å². The van der Waals surface area contributed by atoms with Gasteiger partial charge in [-0.3, -0.25) is 0 Å². The normalized spacial score (nSPS) is 12.7. The van der Waals surface area contributed by atoms with Crippen LogP contribution < -0.4 is 10.5 Å². The van der Waals surface area contributed by atoms with Crippen molar-refractivity contribution in [3.05, 3.63) is 53.6 Å². The third-order valence-electron chi connectivity index (χ3n) is 3.62. The van der Waals surface area contributed by atoms with Gasteiger partial charge in [0, 0.05) is 19.1 Å². The molecule has 0 saturated carbocycles. The molecule has 0 saturated heterocycles. The van der Waals surface area contributed by atoms with Crippen LogP contribution >= 0.6 is 0 Å². The van der Waals surface area contributed by atoms with E-state index in [2.05, 4.69) is 5.32 Å². The molecule has 0 heterocycles. The molecule has 0 aromatic heterocycles. The van der Waals surface area contributed by atoms with E-state index in [1.54, 1.807) is 24.3 Å². The predicted octanol–water partition coefficient (Wildman–Crippen LogP) is 0.894. The van der Waals surface area contributed by atoms with E-state index in [4.69, 9.17) is 5.14 Å². The smallest absolute Gasteiger partial charge is 0.213 e. The van der Waals surface area contributed by atoms with Gasteiger partial charge in [0.25, 0.3) is 0 Å². The lowest BCUT2D eigenvalue weighted by Crippen LogP contribution is -2.14. The summed E-state index contributed by atoms with van der Waals surface area (Å²) in [5, 5.41) is 7.99. The van der Waals surface area contributed by atoms with Crippen LogP contribution in [0, 0.1) is 0 Å². The van der Waals surface area contributed by atoms with E-state index in [0.29, 0.717) is 11.1 Å². The van der Waals surface area contributed by atoms with Crippen LogP contribution in [0.1, 0.15) is 11.1 Å². The van der Waals surface area contributed by atoms with Gasteiger partial charge in [-0.15, -0.1) is 0 Å². The molecule has 11 heteroatoms. The second-order valence-corrected chi connectivity index (χ2v) is 11.8. The van der Waals surface area contributed by atoms with Gasteiger partial charge in [0.15, 0.2) is 19.7 Å². The Morgan fingerprint density at radius 2 is 1.48 bits per heavy atom. The zero-order chi connectivity index (χ0) is 20.5. The molecule has 0 aliphatic rings. The Kier molecular flexibility index (Phi) is 6.00. The number of nitrogens with one attached hydrogen (secondary N) is 1. The van der Waals surface area contributed by atoms with Crippen LogP contribution in [-0.2, 0) is 42.0 Å². The summed E-state index contributed by atoms with van der Waals surface area (Å²) in [6.07, 6.45) is 1.99. The maximum atomic E-state index is 12.0. The van der Waals surface area contributed by atoms with E-state index in [9.17, 15) is 25.3 Å². The Balaban J connectivity index is 2.32. The molecule has 0 fully saturated rings. The van der Waals surface area contributed by atoms with Crippen LogP contribution in [0.15, 0.2) is 52.3 Å². The maximum Gasteiger partial charge on any atom is 0.213 e. The first kappa shape index (κ1) is 21.4. The van der Waals surface area contributed by atoms with Crippen LogP contribution in [0.3, 0.4) is 0 Å². The summed E-state index contributed by atoms with van der Waals surface area (Å²) in [6, 6.07) is 10.5. The second kappa shape index (κ2) is 7.58. The first-order chi connectivity index (χ1) is 12.3. The number of benzene rings is 2. The Bertz CT molecular complexity index is 1170. The van der Waals surface area contributed by atoms with Crippen molar-refractivity contribution in [2.24, 2.45) is 5.14 Å². The van der Waals surface area contributed by atoms with Gasteiger partial charge >= 0.3 is 0 Å². The lowest BCUT2D eigenvalue weighted by molar-refractivity contribution is 0.595. The first-order valence-electron chi connectivity index (χ1n) is 7.62. The fraction of sp³-hybridized carbons (Fsp3) is 0.250. The molecule has 2 aromatic carbocycles. The largest absolute Gasteiger partial charge is 0.380 e. The summed E-state index contributed by atoms with van der Waals surface area (Å²) in [7, 11) is -10.9. The zero-order valence-corrected chi connectivity index (χ0v) is 17.2. The molecule has 0 atom stereocenters. The number of hydrogen-bond acceptors (Lipinski definition) is 7. The van der Waals surface area contributed by atoms with Gasteiger partial charge in [-0.2, -0.15) is 0 Å². The number of sulfonamides is 1. The Morgan fingerprint density at radius 1 is 0.852 bits per heavy atom. The fourth-order valence-corrected chi connectivity index (χ4v) is 4.69. The summed E-state index contributed by atoms with van der Waals surface area (Å²) < 4.78 is 69.8. The number of anilines is 1. The molecule has 148 valence electrons. The van der Waals surface area contributed by atoms with E-state index < -0.39 is 29.7 Å². The predicted molar refractivity (Wildman–Crippen MR) is 103 cm³/mol. The summed E-state index contributed by atoms with van der Waals surface area (Å²) in [6.45, 7) is 0.208. The number of primary sulfonamides is 1. The van der Waals surface area contributed by atoms with Crippen LogP contribution in [0.5, 0.6) is 0 Å². The summed E-state index contributed by atoms with van der Waals surface area (Å²) in [5.74, 6) is -0.307. The van der Waals surface area contributed by atoms with Gasteiger partial charge < -0.3 is 5.32 Å². The summed E-state index contributed by atoms with van der Waals surface area (Å²) >= 11 is 0. The highest BCUT2D eigenvalue weighted by Gasteiger charge is 2.18. The van der Waals surface area contributed by atoms with Gasteiger partial charge in [-0.05, 0) is 29.3 Å². The van der Waals surface area contributed by atoms with Crippen molar-refractivity contribution in [2.75, 3.05) is 17.8 Å². The lowest BCUT2D eigenvalue weighted by atomic mass is 10.1. The second-order valence-electron chi connectivity index (χ2n) is 6.18. The molecular formula is C16H20N2O6S3. The van der Waals surface area contributed by atoms with E-state index in [1.165, 1.54) is 12.1 Å². The third-order valence-corrected chi connectivity index (χ3v) is 6.61. The minimum absolute atomic E-state index is 0.0939. The Hall–Kier alpha value is -1.95. The average molecular weight is 433 g/mol. The van der Waals surface area contributed by atoms with E-state index >= 15 is 0 Å². The standard InChI is InChI=1S/C16H20N2O6S3/c1-25(19,20)14-6-7-15(16(9-14)26(2,21)22)18-10-12-4-3-5-13(8-12)11-27(17,23)24/h3-9,18H,10-11H2,1-2H3,(H2,17,23,24). The highest BCUT2D eigenvalue weighted by atomic mass is 32.2. The molecule has 0 unspecified atom stereocenters. The molecule has 3 N–H and O–H groups in total. The zero-order valence-electron chi connectivity index (χ0n) is 14.7. The van der Waals surface area contributed by atoms with Crippen LogP contribution in [-0.4, -0.2) is 37.8 Å². The van der Waals surface area contributed by atoms with Crippen LogP contribution in [0.25, 0.3) is 0 Å². The molecule has 2 aromatic rings. The van der Waals surface area contributed by atoms with Gasteiger partial charge in [-0.25, -0.2) is 30.4 Å². The van der Waals surface area contributed by atoms with Crippen molar-refractivity contribution in [3.8, 4) is 0 Å². The van der Waals surface area contributed by atoms with Crippen molar-refractivity contribution in [2.45, 2.75) is 22.1 Å². The highest BCUT2D eigenvalue weighted by molar-refractivity contribution is 7.91. The molecule has 2 rings (SSSR count). The van der Waals surface area contributed by atoms with Gasteiger partial charge in [-0.1, -0.05) is 24.3 Å². The van der Waals surface area contributed by atoms with Crippen molar-refractivity contribution in [3.63, 3.8) is 0 Å². The minimum Gasteiger partial charge on any atom is -0.380 e. The number of sulfone groups is 2. The SMILES string of the molecule is CS(=O)(=O)c1ccc(NCc2cccc(CS(N)(=O)=O)c2)c(S(C)(=O)=O)c1. The van der Waals surface area contributed by atoms with E-state index in [-0.39, 0.29) is 27.8 Å². The fourth-order valence-electron chi connectivity index (χ4n) is 2.45. The molecular weight excluding hydrogens is 412 g/mol. The molecule has 0 bridgehead atoms. The molecule has 0 spiro atoms. The third kappa shape index (κ3) is 6.31. The van der Waals surface area contributed by atoms with Crippen LogP contribution in [0.2, 0.25) is 0 Å². The van der Waals surface area contributed by atoms with Crippen molar-refractivity contribution in [1.29, 1.82) is 0 Å². The summed E-state index contributed by atoms with van der Waals surface area (Å²) in [5.41, 5.74) is 1.47. The molecule has 0 amide bonds. The van der Waals surface area contributed by atoms with E-state index in [1.807, 2.05) is 0 Å². The van der Waals surface area contributed by atoms with Crippen molar-refractivity contribution < 1.29 is 25.3 Å². The number of rotatable bonds is 7. The molecule has 27 heavy (non-hydrogen) atoms. The Morgan fingerprint density at radius 3 is 2.04 bits per heavy atom. The topological polar surface area (TPSA) is 140 Å². The number of hydrogen-bond donors (Lipinski definition) is 2. The van der Waals surface area contributed by atoms with Gasteiger partial charge in [0.05, 0.1) is 21.2 Å². The molecule has 8 nitrogen and oxygen atoms in total. The molecule has 0 radical (unpaired) electrons. The lowest BCUT2D eigenvalue weighted by Gasteiger charge is -2.13. The summed E-state index contributed by atoms with van der Waals surface area (Å²) in [4.78, 5) is -0.227. The number of nitrogens with two attached hydrogens (primary N) is 1. The average Bonchev–Trinajstić information content (AvgIpc) is 2.49. The molecule has 0 aliphatic heterocycles. The van der Waals surface area contributed by atoms with Gasteiger partial charge in [0.2, 0.25) is 10.0 Å². The minimum atomic E-state index is -3.68. The maximum absolute atomic E-state index is 12.0. The van der Waals surface area contributed by atoms with E-state index in [0.717, 1.165) is 18.6 Å². The quantitative estimate of drug-likeness (QED) is 0.662. The highest BCUT2D eigenvalue weighted by Crippen LogP contribution is 2.25. The van der Waals surface area contributed by atoms with Crippen molar-refractivity contribution >= 4 is 35.4 Å². The Labute approximate surface area is 159 Å². The van der Waals surface area contributed by atoms with Crippen LogP contribution in [0.4, 0.5) is 5.69 Å². The van der Waals surface area contributed by atoms with Crippen molar-refractivity contribution in [1.82, 2.24) is 0 Å². The first-order valence-corrected chi connectivity index (χ1v) is 13.1.